The maximum Gasteiger partial charge on any atom is 0.143 e. The third-order valence-electron chi connectivity index (χ3n) is 9.17. The van der Waals surface area contributed by atoms with Gasteiger partial charge in [-0.2, -0.15) is 0 Å². The number of fused-ring (bicyclic) bond motifs is 7. The molecule has 0 aliphatic carbocycles. The standard InChI is InChI=1S/C46H29NO2/c1-2-15-35-30(11-1)12-8-18-36(35)32-13-7-14-34(29-32)47(41-21-10-24-44-45(41)40-17-4-6-23-43(40)48-44)33-27-25-31(26-28-33)37-19-9-20-39-38-16-3-5-22-42(38)49-46(37)39/h1-29H/i1D,2D,8D,11D,12D,15D,18D. The summed E-state index contributed by atoms with van der Waals surface area (Å²) in [5.74, 6) is 0. The van der Waals surface area contributed by atoms with Gasteiger partial charge in [0.15, 0.2) is 0 Å². The van der Waals surface area contributed by atoms with Crippen molar-refractivity contribution in [1.82, 2.24) is 0 Å². The van der Waals surface area contributed by atoms with Gasteiger partial charge in [-0.25, -0.2) is 0 Å². The zero-order valence-electron chi connectivity index (χ0n) is 33.0. The zero-order valence-corrected chi connectivity index (χ0v) is 26.0. The summed E-state index contributed by atoms with van der Waals surface area (Å²) in [6.07, 6.45) is 0. The van der Waals surface area contributed by atoms with Crippen molar-refractivity contribution in [3.05, 3.63) is 176 Å². The number of hydrogen-bond acceptors (Lipinski definition) is 3. The summed E-state index contributed by atoms with van der Waals surface area (Å²) in [6, 6.07) is 40.8. The predicted molar refractivity (Wildman–Crippen MR) is 204 cm³/mol. The van der Waals surface area contributed by atoms with Crippen LogP contribution in [0.4, 0.5) is 17.1 Å². The van der Waals surface area contributed by atoms with E-state index in [0.29, 0.717) is 16.8 Å². The van der Waals surface area contributed by atoms with Crippen LogP contribution < -0.4 is 4.90 Å². The summed E-state index contributed by atoms with van der Waals surface area (Å²) < 4.78 is 73.2. The zero-order chi connectivity index (χ0) is 38.4. The van der Waals surface area contributed by atoms with E-state index in [1.165, 1.54) is 0 Å². The number of nitrogens with zero attached hydrogens (tertiary/aromatic N) is 1. The van der Waals surface area contributed by atoms with E-state index in [9.17, 15) is 0 Å². The highest BCUT2D eigenvalue weighted by Gasteiger charge is 2.20. The third-order valence-corrected chi connectivity index (χ3v) is 9.17. The topological polar surface area (TPSA) is 29.5 Å². The van der Waals surface area contributed by atoms with Crippen LogP contribution in [0.25, 0.3) is 76.9 Å². The molecule has 2 heterocycles. The first kappa shape index (κ1) is 21.3. The quantitative estimate of drug-likeness (QED) is 0.189. The first-order chi connectivity index (χ1) is 27.2. The summed E-state index contributed by atoms with van der Waals surface area (Å²) in [4.78, 5) is 2.10. The second-order valence-electron chi connectivity index (χ2n) is 12.0. The SMILES string of the molecule is [2H]c1c([2H])c([2H])c2c(-c3cccc(N(c4ccc(-c5cccc6c5oc5ccccc56)cc4)c4cccc5oc6ccccc6c45)c3)c([2H])c([2H])c([2H])c2c1[2H]. The van der Waals surface area contributed by atoms with Crippen LogP contribution in [0.1, 0.15) is 9.60 Å². The Balaban J connectivity index is 1.20. The second kappa shape index (κ2) is 11.0. The molecule has 49 heavy (non-hydrogen) atoms. The van der Waals surface area contributed by atoms with Gasteiger partial charge < -0.3 is 13.7 Å². The summed E-state index contributed by atoms with van der Waals surface area (Å²) in [6.45, 7) is 0. The molecule has 0 bridgehead atoms. The first-order valence-electron chi connectivity index (χ1n) is 19.5. The van der Waals surface area contributed by atoms with Gasteiger partial charge in [-0.15, -0.1) is 0 Å². The lowest BCUT2D eigenvalue weighted by atomic mass is 9.97. The lowest BCUT2D eigenvalue weighted by Crippen LogP contribution is -2.10. The molecule has 0 unspecified atom stereocenters. The molecule has 0 amide bonds. The third kappa shape index (κ3) is 4.44. The molecule has 3 nitrogen and oxygen atoms in total. The van der Waals surface area contributed by atoms with Crippen molar-refractivity contribution in [2.45, 2.75) is 0 Å². The van der Waals surface area contributed by atoms with Crippen molar-refractivity contribution < 1.29 is 18.4 Å². The smallest absolute Gasteiger partial charge is 0.143 e. The number of benzene rings is 8. The summed E-state index contributed by atoms with van der Waals surface area (Å²) in [7, 11) is 0. The number of furan rings is 2. The molecule has 8 aromatic carbocycles. The van der Waals surface area contributed by atoms with Crippen LogP contribution in [0, 0.1) is 0 Å². The lowest BCUT2D eigenvalue weighted by molar-refractivity contribution is 0.669. The van der Waals surface area contributed by atoms with Crippen molar-refractivity contribution in [2.24, 2.45) is 0 Å². The normalized spacial score (nSPS) is 13.7. The highest BCUT2D eigenvalue weighted by molar-refractivity contribution is 6.14. The maximum atomic E-state index is 9.03. The van der Waals surface area contributed by atoms with E-state index in [-0.39, 0.29) is 28.4 Å². The molecule has 230 valence electrons. The molecule has 10 rings (SSSR count). The molecule has 0 fully saturated rings. The van der Waals surface area contributed by atoms with Gasteiger partial charge in [0.2, 0.25) is 0 Å². The fourth-order valence-corrected chi connectivity index (χ4v) is 6.96. The minimum absolute atomic E-state index is 0.0396. The second-order valence-corrected chi connectivity index (χ2v) is 12.0. The van der Waals surface area contributed by atoms with E-state index in [0.717, 1.165) is 60.8 Å². The fourth-order valence-electron chi connectivity index (χ4n) is 6.96. The Morgan fingerprint density at radius 3 is 2.06 bits per heavy atom. The molecule has 0 N–H and O–H groups in total. The van der Waals surface area contributed by atoms with Crippen molar-refractivity contribution in [1.29, 1.82) is 0 Å². The Labute approximate surface area is 292 Å². The Morgan fingerprint density at radius 1 is 0.449 bits per heavy atom. The van der Waals surface area contributed by atoms with Gasteiger partial charge in [-0.1, -0.05) is 127 Å². The van der Waals surface area contributed by atoms with Gasteiger partial charge in [0.05, 0.1) is 20.7 Å². The van der Waals surface area contributed by atoms with E-state index < -0.39 is 30.2 Å². The van der Waals surface area contributed by atoms with Crippen LogP contribution in [0.3, 0.4) is 0 Å². The van der Waals surface area contributed by atoms with Gasteiger partial charge in [-0.05, 0) is 76.0 Å². The van der Waals surface area contributed by atoms with Gasteiger partial charge in [0.1, 0.15) is 22.3 Å². The van der Waals surface area contributed by atoms with Gasteiger partial charge in [0.25, 0.3) is 0 Å². The van der Waals surface area contributed by atoms with Crippen molar-refractivity contribution >= 4 is 71.7 Å². The molecule has 0 saturated heterocycles. The lowest BCUT2D eigenvalue weighted by Gasteiger charge is -2.27. The van der Waals surface area contributed by atoms with Crippen molar-refractivity contribution in [2.75, 3.05) is 4.90 Å². The molecule has 0 aliphatic heterocycles. The molecule has 10 aromatic rings. The summed E-state index contributed by atoms with van der Waals surface area (Å²) in [5, 5.41) is 3.89. The van der Waals surface area contributed by atoms with Gasteiger partial charge in [-0.3, -0.25) is 0 Å². The predicted octanol–water partition coefficient (Wildman–Crippen LogP) is 13.4. The molecule has 0 spiro atoms. The Kier molecular flexibility index (Phi) is 4.79. The first-order valence-corrected chi connectivity index (χ1v) is 16.0. The number of rotatable bonds is 5. The molecular formula is C46H29NO2. The van der Waals surface area contributed by atoms with Crippen LogP contribution in [-0.2, 0) is 0 Å². The Bertz CT molecular complexity index is 3230. The molecule has 3 heteroatoms. The van der Waals surface area contributed by atoms with E-state index in [4.69, 9.17) is 18.4 Å². The highest BCUT2D eigenvalue weighted by Crippen LogP contribution is 2.45. The van der Waals surface area contributed by atoms with Crippen molar-refractivity contribution in [3.8, 4) is 22.3 Å². The minimum atomic E-state index is -0.487. The van der Waals surface area contributed by atoms with Crippen LogP contribution in [-0.4, -0.2) is 0 Å². The average molecular weight is 635 g/mol. The number of para-hydroxylation sites is 3. The molecule has 0 saturated carbocycles. The van der Waals surface area contributed by atoms with E-state index in [2.05, 4.69) is 35.2 Å². The largest absolute Gasteiger partial charge is 0.456 e. The highest BCUT2D eigenvalue weighted by atomic mass is 16.3. The van der Waals surface area contributed by atoms with Crippen LogP contribution in [0.5, 0.6) is 0 Å². The van der Waals surface area contributed by atoms with Crippen molar-refractivity contribution in [3.63, 3.8) is 0 Å². The molecule has 0 radical (unpaired) electrons. The molecular weight excluding hydrogens is 599 g/mol. The molecule has 0 aliphatic rings. The van der Waals surface area contributed by atoms with E-state index in [1.807, 2.05) is 97.1 Å². The maximum absolute atomic E-state index is 9.03. The van der Waals surface area contributed by atoms with Crippen LogP contribution >= 0.6 is 0 Å². The molecule has 2 aromatic heterocycles. The Morgan fingerprint density at radius 2 is 1.16 bits per heavy atom. The minimum Gasteiger partial charge on any atom is -0.456 e. The molecule has 0 atom stereocenters. The number of hydrogen-bond donors (Lipinski definition) is 0. The summed E-state index contributed by atoms with van der Waals surface area (Å²) >= 11 is 0. The van der Waals surface area contributed by atoms with E-state index in [1.54, 1.807) is 6.07 Å². The fraction of sp³-hybridized carbons (Fsp3) is 0. The summed E-state index contributed by atoms with van der Waals surface area (Å²) in [5.41, 5.74) is 8.00. The van der Waals surface area contributed by atoms with Gasteiger partial charge in [0, 0.05) is 33.1 Å². The van der Waals surface area contributed by atoms with E-state index >= 15 is 0 Å². The van der Waals surface area contributed by atoms with Gasteiger partial charge >= 0.3 is 0 Å². The average Bonchev–Trinajstić information content (AvgIpc) is 3.81. The Hall–Kier alpha value is -6.58. The van der Waals surface area contributed by atoms with Crippen LogP contribution in [0.15, 0.2) is 185 Å². The number of anilines is 3. The van der Waals surface area contributed by atoms with Crippen LogP contribution in [0.2, 0.25) is 0 Å². The monoisotopic (exact) mass is 634 g/mol.